The standard InChI is InChI=1S/C15H18ClNO2/c1-17-14(9-11-5-3-4-6-13(11)16)15-8-7-12(19-15)10-18-2/h3-8,14,17H,9-10H2,1-2H3. The Balaban J connectivity index is 2.13. The largest absolute Gasteiger partial charge is 0.462 e. The number of rotatable bonds is 6. The second kappa shape index (κ2) is 6.75. The van der Waals surface area contributed by atoms with Crippen LogP contribution in [0.2, 0.25) is 5.02 Å². The summed E-state index contributed by atoms with van der Waals surface area (Å²) in [6.07, 6.45) is 0.788. The molecule has 19 heavy (non-hydrogen) atoms. The van der Waals surface area contributed by atoms with E-state index in [4.69, 9.17) is 20.8 Å². The van der Waals surface area contributed by atoms with Crippen molar-refractivity contribution in [1.82, 2.24) is 5.32 Å². The Morgan fingerprint density at radius 1 is 1.26 bits per heavy atom. The number of ether oxygens (including phenoxy) is 1. The monoisotopic (exact) mass is 279 g/mol. The van der Waals surface area contributed by atoms with E-state index in [1.54, 1.807) is 7.11 Å². The molecule has 0 bridgehead atoms. The highest BCUT2D eigenvalue weighted by atomic mass is 35.5. The number of likely N-dealkylation sites (N-methyl/N-ethyl adjacent to an activating group) is 1. The Kier molecular flexibility index (Phi) is 5.02. The summed E-state index contributed by atoms with van der Waals surface area (Å²) in [5, 5.41) is 4.04. The molecule has 0 amide bonds. The number of halogens is 1. The van der Waals surface area contributed by atoms with Crippen molar-refractivity contribution < 1.29 is 9.15 Å². The van der Waals surface area contributed by atoms with Gasteiger partial charge in [-0.3, -0.25) is 0 Å². The van der Waals surface area contributed by atoms with Crippen molar-refractivity contribution in [2.75, 3.05) is 14.2 Å². The van der Waals surface area contributed by atoms with E-state index in [9.17, 15) is 0 Å². The lowest BCUT2D eigenvalue weighted by Crippen LogP contribution is -2.18. The lowest BCUT2D eigenvalue weighted by Gasteiger charge is -2.14. The van der Waals surface area contributed by atoms with Crippen LogP contribution in [0.3, 0.4) is 0 Å². The number of furan rings is 1. The van der Waals surface area contributed by atoms with Crippen molar-refractivity contribution in [1.29, 1.82) is 0 Å². The van der Waals surface area contributed by atoms with Crippen LogP contribution in [0, 0.1) is 0 Å². The summed E-state index contributed by atoms with van der Waals surface area (Å²) in [5.74, 6) is 1.73. The lowest BCUT2D eigenvalue weighted by atomic mass is 10.0. The van der Waals surface area contributed by atoms with E-state index in [0.29, 0.717) is 6.61 Å². The fourth-order valence-corrected chi connectivity index (χ4v) is 2.24. The maximum atomic E-state index is 6.19. The summed E-state index contributed by atoms with van der Waals surface area (Å²) >= 11 is 6.19. The first kappa shape index (κ1) is 14.1. The maximum absolute atomic E-state index is 6.19. The van der Waals surface area contributed by atoms with Gasteiger partial charge in [0.2, 0.25) is 0 Å². The molecule has 1 atom stereocenters. The topological polar surface area (TPSA) is 34.4 Å². The molecule has 0 radical (unpaired) electrons. The predicted octanol–water partition coefficient (Wildman–Crippen LogP) is 3.58. The molecule has 1 aromatic carbocycles. The summed E-state index contributed by atoms with van der Waals surface area (Å²) < 4.78 is 10.8. The molecule has 0 spiro atoms. The zero-order chi connectivity index (χ0) is 13.7. The molecule has 3 nitrogen and oxygen atoms in total. The van der Waals surface area contributed by atoms with Crippen molar-refractivity contribution in [3.05, 3.63) is 58.5 Å². The first-order valence-electron chi connectivity index (χ1n) is 6.22. The number of nitrogens with one attached hydrogen (secondary N) is 1. The second-order valence-corrected chi connectivity index (χ2v) is 4.78. The summed E-state index contributed by atoms with van der Waals surface area (Å²) in [4.78, 5) is 0. The van der Waals surface area contributed by atoms with Crippen LogP contribution in [0.4, 0.5) is 0 Å². The molecular formula is C15H18ClNO2. The Morgan fingerprint density at radius 3 is 2.74 bits per heavy atom. The average Bonchev–Trinajstić information content (AvgIpc) is 2.87. The van der Waals surface area contributed by atoms with Crippen molar-refractivity contribution in [3.63, 3.8) is 0 Å². The zero-order valence-electron chi connectivity index (χ0n) is 11.2. The van der Waals surface area contributed by atoms with Crippen molar-refractivity contribution >= 4 is 11.6 Å². The number of methoxy groups -OCH3 is 1. The highest BCUT2D eigenvalue weighted by molar-refractivity contribution is 6.31. The van der Waals surface area contributed by atoms with Gasteiger partial charge < -0.3 is 14.5 Å². The van der Waals surface area contributed by atoms with Crippen LogP contribution in [-0.2, 0) is 17.8 Å². The summed E-state index contributed by atoms with van der Waals surface area (Å²) in [6, 6.07) is 11.9. The number of benzene rings is 1. The molecule has 0 aliphatic heterocycles. The maximum Gasteiger partial charge on any atom is 0.129 e. The van der Waals surface area contributed by atoms with Gasteiger partial charge >= 0.3 is 0 Å². The quantitative estimate of drug-likeness (QED) is 0.878. The van der Waals surface area contributed by atoms with Gasteiger partial charge in [-0.05, 0) is 37.2 Å². The Bertz CT molecular complexity index is 524. The average molecular weight is 280 g/mol. The molecule has 2 aromatic rings. The number of hydrogen-bond donors (Lipinski definition) is 1. The molecular weight excluding hydrogens is 262 g/mol. The van der Waals surface area contributed by atoms with Gasteiger partial charge in [0.25, 0.3) is 0 Å². The summed E-state index contributed by atoms with van der Waals surface area (Å²) in [6.45, 7) is 0.489. The van der Waals surface area contributed by atoms with Gasteiger partial charge in [0.05, 0.1) is 6.04 Å². The van der Waals surface area contributed by atoms with Crippen LogP contribution in [0.25, 0.3) is 0 Å². The second-order valence-electron chi connectivity index (χ2n) is 4.37. The van der Waals surface area contributed by atoms with Crippen LogP contribution in [-0.4, -0.2) is 14.2 Å². The van der Waals surface area contributed by atoms with E-state index < -0.39 is 0 Å². The molecule has 0 aliphatic carbocycles. The van der Waals surface area contributed by atoms with E-state index in [1.165, 1.54) is 0 Å². The van der Waals surface area contributed by atoms with Gasteiger partial charge in [-0.25, -0.2) is 0 Å². The fourth-order valence-electron chi connectivity index (χ4n) is 2.03. The third-order valence-electron chi connectivity index (χ3n) is 3.04. The Morgan fingerprint density at radius 2 is 2.05 bits per heavy atom. The smallest absolute Gasteiger partial charge is 0.129 e. The first-order valence-corrected chi connectivity index (χ1v) is 6.60. The van der Waals surface area contributed by atoms with Crippen molar-refractivity contribution in [2.45, 2.75) is 19.1 Å². The normalized spacial score (nSPS) is 12.6. The first-order chi connectivity index (χ1) is 9.24. The van der Waals surface area contributed by atoms with E-state index in [-0.39, 0.29) is 6.04 Å². The molecule has 0 fully saturated rings. The van der Waals surface area contributed by atoms with Gasteiger partial charge in [0, 0.05) is 12.1 Å². The minimum atomic E-state index is 0.102. The lowest BCUT2D eigenvalue weighted by molar-refractivity contribution is 0.161. The molecule has 4 heteroatoms. The minimum Gasteiger partial charge on any atom is -0.462 e. The van der Waals surface area contributed by atoms with Crippen LogP contribution in [0.1, 0.15) is 23.1 Å². The van der Waals surface area contributed by atoms with Crippen molar-refractivity contribution in [2.24, 2.45) is 0 Å². The molecule has 1 heterocycles. The molecule has 1 N–H and O–H groups in total. The third kappa shape index (κ3) is 3.60. The molecule has 1 aromatic heterocycles. The predicted molar refractivity (Wildman–Crippen MR) is 76.4 cm³/mol. The molecule has 102 valence electrons. The van der Waals surface area contributed by atoms with Crippen LogP contribution < -0.4 is 5.32 Å². The Hall–Kier alpha value is -1.29. The molecule has 2 rings (SSSR count). The van der Waals surface area contributed by atoms with Crippen molar-refractivity contribution in [3.8, 4) is 0 Å². The fraction of sp³-hybridized carbons (Fsp3) is 0.333. The molecule has 0 aliphatic rings. The van der Waals surface area contributed by atoms with E-state index in [0.717, 1.165) is 28.5 Å². The molecule has 0 saturated heterocycles. The minimum absolute atomic E-state index is 0.102. The molecule has 0 saturated carbocycles. The van der Waals surface area contributed by atoms with E-state index >= 15 is 0 Å². The zero-order valence-corrected chi connectivity index (χ0v) is 11.9. The van der Waals surface area contributed by atoms with Gasteiger partial charge in [0.15, 0.2) is 0 Å². The van der Waals surface area contributed by atoms with E-state index in [2.05, 4.69) is 5.32 Å². The highest BCUT2D eigenvalue weighted by Gasteiger charge is 2.15. The van der Waals surface area contributed by atoms with Crippen LogP contribution in [0.5, 0.6) is 0 Å². The van der Waals surface area contributed by atoms with Crippen LogP contribution >= 0.6 is 11.6 Å². The van der Waals surface area contributed by atoms with Gasteiger partial charge in [0.1, 0.15) is 18.1 Å². The SMILES string of the molecule is CNC(Cc1ccccc1Cl)c1ccc(COC)o1. The van der Waals surface area contributed by atoms with Gasteiger partial charge in [-0.1, -0.05) is 29.8 Å². The van der Waals surface area contributed by atoms with E-state index in [1.807, 2.05) is 43.4 Å². The van der Waals surface area contributed by atoms with Gasteiger partial charge in [-0.15, -0.1) is 0 Å². The summed E-state index contributed by atoms with van der Waals surface area (Å²) in [5.41, 5.74) is 1.10. The molecule has 1 unspecified atom stereocenters. The summed E-state index contributed by atoms with van der Waals surface area (Å²) in [7, 11) is 3.57. The Labute approximate surface area is 118 Å². The van der Waals surface area contributed by atoms with Crippen LogP contribution in [0.15, 0.2) is 40.8 Å². The van der Waals surface area contributed by atoms with Gasteiger partial charge in [-0.2, -0.15) is 0 Å². The highest BCUT2D eigenvalue weighted by Crippen LogP contribution is 2.24. The third-order valence-corrected chi connectivity index (χ3v) is 3.41. The number of hydrogen-bond acceptors (Lipinski definition) is 3.